The van der Waals surface area contributed by atoms with Crippen molar-refractivity contribution >= 4 is 11.5 Å². The van der Waals surface area contributed by atoms with Crippen molar-refractivity contribution in [1.29, 1.82) is 5.26 Å². The molecule has 0 saturated carbocycles. The van der Waals surface area contributed by atoms with Crippen molar-refractivity contribution < 1.29 is 9.47 Å². The number of hydrogen-bond acceptors (Lipinski definition) is 5. The highest BCUT2D eigenvalue weighted by molar-refractivity contribution is 5.70. The number of hydrogen-bond donors (Lipinski definition) is 1. The quantitative estimate of drug-likeness (QED) is 0.932. The van der Waals surface area contributed by atoms with E-state index in [-0.39, 0.29) is 0 Å². The van der Waals surface area contributed by atoms with Crippen molar-refractivity contribution in [3.8, 4) is 17.6 Å². The maximum atomic E-state index is 9.31. The van der Waals surface area contributed by atoms with Crippen LogP contribution in [-0.2, 0) is 0 Å². The van der Waals surface area contributed by atoms with Crippen LogP contribution in [0, 0.1) is 25.2 Å². The van der Waals surface area contributed by atoms with Gasteiger partial charge in [-0.1, -0.05) is 0 Å². The number of pyridine rings is 1. The Balaban J connectivity index is 2.49. The summed E-state index contributed by atoms with van der Waals surface area (Å²) in [5, 5.41) is 12.5. The molecule has 1 aromatic heterocycles. The highest BCUT2D eigenvalue weighted by Crippen LogP contribution is 2.32. The Labute approximate surface area is 124 Å². The van der Waals surface area contributed by atoms with Crippen LogP contribution in [0.5, 0.6) is 11.5 Å². The summed E-state index contributed by atoms with van der Waals surface area (Å²) in [5.41, 5.74) is 2.95. The number of rotatable bonds is 4. The molecule has 1 N–H and O–H groups in total. The third kappa shape index (κ3) is 3.06. The lowest BCUT2D eigenvalue weighted by Crippen LogP contribution is -2.02. The number of benzene rings is 1. The Morgan fingerprint density at radius 2 is 1.90 bits per heavy atom. The van der Waals surface area contributed by atoms with Crippen LogP contribution < -0.4 is 14.8 Å². The first kappa shape index (κ1) is 14.7. The lowest BCUT2D eigenvalue weighted by atomic mass is 10.1. The zero-order chi connectivity index (χ0) is 15.4. The maximum Gasteiger partial charge on any atom is 0.148 e. The van der Waals surface area contributed by atoms with E-state index in [4.69, 9.17) is 9.47 Å². The van der Waals surface area contributed by atoms with Crippen LogP contribution in [0.15, 0.2) is 24.3 Å². The predicted octanol–water partition coefficient (Wildman–Crippen LogP) is 3.33. The summed E-state index contributed by atoms with van der Waals surface area (Å²) < 4.78 is 10.5. The van der Waals surface area contributed by atoms with Gasteiger partial charge < -0.3 is 14.8 Å². The summed E-state index contributed by atoms with van der Waals surface area (Å²) >= 11 is 0. The molecular weight excluding hydrogens is 266 g/mol. The van der Waals surface area contributed by atoms with Gasteiger partial charge in [0, 0.05) is 11.8 Å². The second-order valence-electron chi connectivity index (χ2n) is 4.61. The average molecular weight is 283 g/mol. The van der Waals surface area contributed by atoms with Gasteiger partial charge in [0.2, 0.25) is 0 Å². The molecule has 0 saturated heterocycles. The predicted molar refractivity (Wildman–Crippen MR) is 81.3 cm³/mol. The number of methoxy groups -OCH3 is 2. The first-order valence-corrected chi connectivity index (χ1v) is 6.46. The molecule has 1 aromatic carbocycles. The van der Waals surface area contributed by atoms with Crippen molar-refractivity contribution in [3.05, 3.63) is 41.1 Å². The van der Waals surface area contributed by atoms with Gasteiger partial charge in [0.1, 0.15) is 23.4 Å². The molecule has 5 heteroatoms. The average Bonchev–Trinajstić information content (AvgIpc) is 2.46. The van der Waals surface area contributed by atoms with E-state index in [1.54, 1.807) is 26.4 Å². The molecule has 0 atom stereocenters. The summed E-state index contributed by atoms with van der Waals surface area (Å²) in [7, 11) is 3.19. The van der Waals surface area contributed by atoms with E-state index in [2.05, 4.69) is 16.4 Å². The van der Waals surface area contributed by atoms with Gasteiger partial charge in [-0.2, -0.15) is 5.26 Å². The minimum absolute atomic E-state index is 0.515. The number of aromatic nitrogens is 1. The molecule has 21 heavy (non-hydrogen) atoms. The minimum atomic E-state index is 0.515. The zero-order valence-electron chi connectivity index (χ0n) is 12.5. The lowest BCUT2D eigenvalue weighted by molar-refractivity contribution is 0.405. The van der Waals surface area contributed by atoms with Crippen LogP contribution in [0.2, 0.25) is 0 Å². The van der Waals surface area contributed by atoms with Gasteiger partial charge >= 0.3 is 0 Å². The number of nitriles is 1. The molecule has 0 amide bonds. The van der Waals surface area contributed by atoms with Crippen molar-refractivity contribution in [2.24, 2.45) is 0 Å². The number of nitrogens with one attached hydrogen (secondary N) is 1. The van der Waals surface area contributed by atoms with Crippen LogP contribution >= 0.6 is 0 Å². The Kier molecular flexibility index (Phi) is 4.29. The number of aryl methyl sites for hydroxylation is 2. The van der Waals surface area contributed by atoms with Crippen molar-refractivity contribution in [2.75, 3.05) is 19.5 Å². The molecular formula is C16H17N3O2. The fourth-order valence-corrected chi connectivity index (χ4v) is 2.11. The van der Waals surface area contributed by atoms with E-state index in [1.807, 2.05) is 26.0 Å². The van der Waals surface area contributed by atoms with E-state index in [0.717, 1.165) is 11.3 Å². The monoisotopic (exact) mass is 283 g/mol. The molecule has 0 aliphatic heterocycles. The zero-order valence-corrected chi connectivity index (χ0v) is 12.5. The maximum absolute atomic E-state index is 9.31. The molecule has 0 spiro atoms. The lowest BCUT2D eigenvalue weighted by Gasteiger charge is -2.14. The molecule has 108 valence electrons. The largest absolute Gasteiger partial charge is 0.497 e. The second kappa shape index (κ2) is 6.14. The van der Waals surface area contributed by atoms with Crippen LogP contribution in [0.3, 0.4) is 0 Å². The van der Waals surface area contributed by atoms with Gasteiger partial charge in [0.15, 0.2) is 0 Å². The smallest absolute Gasteiger partial charge is 0.148 e. The second-order valence-corrected chi connectivity index (χ2v) is 4.61. The minimum Gasteiger partial charge on any atom is -0.497 e. The molecule has 0 unspecified atom stereocenters. The van der Waals surface area contributed by atoms with Crippen molar-refractivity contribution in [3.63, 3.8) is 0 Å². The standard InChI is InChI=1S/C16H17N3O2/c1-10-7-11(2)18-16(13(10)9-17)19-14-8-12(20-3)5-6-15(14)21-4/h5-8H,1-4H3,(H,18,19). The number of ether oxygens (including phenoxy) is 2. The van der Waals surface area contributed by atoms with Crippen LogP contribution in [0.4, 0.5) is 11.5 Å². The SMILES string of the molecule is COc1ccc(OC)c(Nc2nc(C)cc(C)c2C#N)c1. The van der Waals surface area contributed by atoms with E-state index >= 15 is 0 Å². The topological polar surface area (TPSA) is 67.2 Å². The van der Waals surface area contributed by atoms with E-state index in [1.165, 1.54) is 0 Å². The van der Waals surface area contributed by atoms with E-state index < -0.39 is 0 Å². The van der Waals surface area contributed by atoms with E-state index in [0.29, 0.717) is 28.6 Å². The Morgan fingerprint density at radius 1 is 1.14 bits per heavy atom. The van der Waals surface area contributed by atoms with Gasteiger partial charge in [0.25, 0.3) is 0 Å². The molecule has 0 fully saturated rings. The molecule has 0 aliphatic rings. The normalized spacial score (nSPS) is 9.86. The van der Waals surface area contributed by atoms with Gasteiger partial charge in [0.05, 0.1) is 25.5 Å². The first-order chi connectivity index (χ1) is 10.1. The van der Waals surface area contributed by atoms with Crippen molar-refractivity contribution in [2.45, 2.75) is 13.8 Å². The van der Waals surface area contributed by atoms with Crippen LogP contribution in [0.1, 0.15) is 16.8 Å². The van der Waals surface area contributed by atoms with Crippen molar-refractivity contribution in [1.82, 2.24) is 4.98 Å². The van der Waals surface area contributed by atoms with Gasteiger partial charge in [-0.15, -0.1) is 0 Å². The highest BCUT2D eigenvalue weighted by atomic mass is 16.5. The molecule has 2 aromatic rings. The molecule has 0 aliphatic carbocycles. The Hall–Kier alpha value is -2.74. The van der Waals surface area contributed by atoms with Crippen LogP contribution in [-0.4, -0.2) is 19.2 Å². The molecule has 0 bridgehead atoms. The fraction of sp³-hybridized carbons (Fsp3) is 0.250. The molecule has 1 heterocycles. The van der Waals surface area contributed by atoms with Gasteiger partial charge in [-0.05, 0) is 37.6 Å². The van der Waals surface area contributed by atoms with E-state index in [9.17, 15) is 5.26 Å². The van der Waals surface area contributed by atoms with Gasteiger partial charge in [-0.3, -0.25) is 0 Å². The summed E-state index contributed by atoms with van der Waals surface area (Å²) in [5.74, 6) is 1.86. The first-order valence-electron chi connectivity index (χ1n) is 6.46. The molecule has 0 radical (unpaired) electrons. The molecule has 2 rings (SSSR count). The summed E-state index contributed by atoms with van der Waals surface area (Å²) in [6.07, 6.45) is 0. The van der Waals surface area contributed by atoms with Crippen LogP contribution in [0.25, 0.3) is 0 Å². The highest BCUT2D eigenvalue weighted by Gasteiger charge is 2.12. The Bertz CT molecular complexity index is 705. The fourth-order valence-electron chi connectivity index (χ4n) is 2.11. The Morgan fingerprint density at radius 3 is 2.52 bits per heavy atom. The summed E-state index contributed by atoms with van der Waals surface area (Å²) in [6.45, 7) is 3.78. The third-order valence-electron chi connectivity index (χ3n) is 3.12. The molecule has 5 nitrogen and oxygen atoms in total. The van der Waals surface area contributed by atoms with Gasteiger partial charge in [-0.25, -0.2) is 4.98 Å². The third-order valence-corrected chi connectivity index (χ3v) is 3.12. The number of anilines is 2. The summed E-state index contributed by atoms with van der Waals surface area (Å²) in [6, 6.07) is 9.48. The summed E-state index contributed by atoms with van der Waals surface area (Å²) in [4.78, 5) is 4.40. The number of nitrogens with zero attached hydrogens (tertiary/aromatic N) is 2.